The average molecular weight is 260 g/mol. The summed E-state index contributed by atoms with van der Waals surface area (Å²) in [5.41, 5.74) is 1.24. The molecule has 6 heteroatoms. The van der Waals surface area contributed by atoms with Crippen molar-refractivity contribution in [2.45, 2.75) is 12.1 Å². The monoisotopic (exact) mass is 260 g/mol. The number of carbonyl (C=O) groups is 1. The van der Waals surface area contributed by atoms with Crippen LogP contribution < -0.4 is 5.32 Å². The molecule has 0 radical (unpaired) electrons. The van der Waals surface area contributed by atoms with Crippen LogP contribution >= 0.6 is 0 Å². The van der Waals surface area contributed by atoms with E-state index in [1.54, 1.807) is 11.9 Å². The van der Waals surface area contributed by atoms with Crippen LogP contribution in [0.4, 0.5) is 0 Å². The van der Waals surface area contributed by atoms with Crippen LogP contribution in [0, 0.1) is 0 Å². The molecule has 3 rings (SSSR count). The lowest BCUT2D eigenvalue weighted by atomic mass is 10.1. The zero-order chi connectivity index (χ0) is 13.4. The van der Waals surface area contributed by atoms with Gasteiger partial charge < -0.3 is 15.3 Å². The van der Waals surface area contributed by atoms with Crippen molar-refractivity contribution in [2.75, 3.05) is 20.1 Å². The van der Waals surface area contributed by atoms with Crippen LogP contribution in [-0.2, 0) is 0 Å². The van der Waals surface area contributed by atoms with Crippen LogP contribution in [-0.4, -0.2) is 58.4 Å². The van der Waals surface area contributed by atoms with Crippen LogP contribution in [0.1, 0.15) is 10.5 Å². The number of rotatable bonds is 2. The molecule has 0 aliphatic carbocycles. The van der Waals surface area contributed by atoms with E-state index in [0.29, 0.717) is 18.8 Å². The van der Waals surface area contributed by atoms with Gasteiger partial charge in [-0.2, -0.15) is 5.10 Å². The molecule has 2 aromatic rings. The second kappa shape index (κ2) is 4.64. The number of hydrogen-bond donors (Lipinski definition) is 3. The summed E-state index contributed by atoms with van der Waals surface area (Å²) in [7, 11) is 1.70. The topological polar surface area (TPSA) is 81.2 Å². The highest BCUT2D eigenvalue weighted by Crippen LogP contribution is 2.18. The van der Waals surface area contributed by atoms with Gasteiger partial charge in [-0.3, -0.25) is 9.89 Å². The number of H-pyrrole nitrogens is 1. The first kappa shape index (κ1) is 12.1. The summed E-state index contributed by atoms with van der Waals surface area (Å²) in [5.74, 6) is -0.176. The number of aromatic amines is 1. The van der Waals surface area contributed by atoms with Gasteiger partial charge >= 0.3 is 0 Å². The quantitative estimate of drug-likeness (QED) is 0.708. The summed E-state index contributed by atoms with van der Waals surface area (Å²) in [5, 5.41) is 20.7. The number of aliphatic hydroxyl groups excluding tert-OH is 1. The van der Waals surface area contributed by atoms with E-state index in [1.807, 2.05) is 24.3 Å². The van der Waals surface area contributed by atoms with Crippen molar-refractivity contribution in [3.63, 3.8) is 0 Å². The molecule has 0 saturated carbocycles. The molecule has 1 aliphatic rings. The Hall–Kier alpha value is -1.92. The Kier molecular flexibility index (Phi) is 2.96. The molecule has 1 aromatic heterocycles. The van der Waals surface area contributed by atoms with Gasteiger partial charge in [0.05, 0.1) is 17.7 Å². The minimum atomic E-state index is -0.529. The number of likely N-dealkylation sites (N-methyl/N-ethyl adjacent to an activating group) is 1. The van der Waals surface area contributed by atoms with Gasteiger partial charge in [-0.1, -0.05) is 18.2 Å². The van der Waals surface area contributed by atoms with Crippen molar-refractivity contribution < 1.29 is 9.90 Å². The van der Waals surface area contributed by atoms with Gasteiger partial charge in [0.2, 0.25) is 0 Å². The first-order valence-electron chi connectivity index (χ1n) is 6.27. The molecule has 1 aromatic carbocycles. The minimum Gasteiger partial charge on any atom is -0.390 e. The van der Waals surface area contributed by atoms with Crippen LogP contribution in [0.2, 0.25) is 0 Å². The predicted molar refractivity (Wildman–Crippen MR) is 70.9 cm³/mol. The van der Waals surface area contributed by atoms with Gasteiger partial charge in [0.25, 0.3) is 5.91 Å². The van der Waals surface area contributed by atoms with Gasteiger partial charge in [-0.15, -0.1) is 0 Å². The minimum absolute atomic E-state index is 0.176. The zero-order valence-electron chi connectivity index (χ0n) is 10.6. The van der Waals surface area contributed by atoms with Crippen LogP contribution in [0.5, 0.6) is 0 Å². The summed E-state index contributed by atoms with van der Waals surface area (Å²) in [6.07, 6.45) is -0.529. The van der Waals surface area contributed by atoms with E-state index in [1.165, 1.54) is 0 Å². The molecular formula is C13H16N4O2. The number of nitrogens with zero attached hydrogens (tertiary/aromatic N) is 2. The fourth-order valence-corrected chi connectivity index (χ4v) is 2.49. The molecule has 0 spiro atoms. The fourth-order valence-electron chi connectivity index (χ4n) is 2.49. The second-order valence-electron chi connectivity index (χ2n) is 4.83. The Morgan fingerprint density at radius 3 is 2.95 bits per heavy atom. The first-order chi connectivity index (χ1) is 9.18. The molecule has 100 valence electrons. The van der Waals surface area contributed by atoms with Crippen molar-refractivity contribution in [1.82, 2.24) is 20.4 Å². The third-order valence-electron chi connectivity index (χ3n) is 3.64. The largest absolute Gasteiger partial charge is 0.390 e. The second-order valence-corrected chi connectivity index (χ2v) is 4.83. The summed E-state index contributed by atoms with van der Waals surface area (Å²) < 4.78 is 0. The van der Waals surface area contributed by atoms with Gasteiger partial charge in [-0.05, 0) is 6.07 Å². The van der Waals surface area contributed by atoms with E-state index in [0.717, 1.165) is 10.9 Å². The van der Waals surface area contributed by atoms with Gasteiger partial charge in [0.1, 0.15) is 0 Å². The normalized spacial score (nSPS) is 22.8. The van der Waals surface area contributed by atoms with Crippen molar-refractivity contribution in [3.8, 4) is 0 Å². The number of para-hydroxylation sites is 1. The Balaban J connectivity index is 1.91. The molecule has 0 bridgehead atoms. The van der Waals surface area contributed by atoms with Gasteiger partial charge in [-0.25, -0.2) is 0 Å². The lowest BCUT2D eigenvalue weighted by Gasteiger charge is -2.25. The Morgan fingerprint density at radius 2 is 2.21 bits per heavy atom. The molecule has 3 N–H and O–H groups in total. The van der Waals surface area contributed by atoms with E-state index in [2.05, 4.69) is 15.5 Å². The van der Waals surface area contributed by atoms with Crippen molar-refractivity contribution >= 4 is 16.8 Å². The molecule has 19 heavy (non-hydrogen) atoms. The highest BCUT2D eigenvalue weighted by molar-refractivity contribution is 6.04. The van der Waals surface area contributed by atoms with E-state index in [4.69, 9.17) is 0 Å². The third-order valence-corrected chi connectivity index (χ3v) is 3.64. The number of aliphatic hydroxyl groups is 1. The van der Waals surface area contributed by atoms with Crippen LogP contribution in [0.15, 0.2) is 24.3 Å². The van der Waals surface area contributed by atoms with Crippen molar-refractivity contribution in [1.29, 1.82) is 0 Å². The smallest absolute Gasteiger partial charge is 0.275 e. The highest BCUT2D eigenvalue weighted by Gasteiger charge is 2.32. The zero-order valence-corrected chi connectivity index (χ0v) is 10.6. The van der Waals surface area contributed by atoms with Crippen molar-refractivity contribution in [3.05, 3.63) is 30.0 Å². The van der Waals surface area contributed by atoms with Crippen molar-refractivity contribution in [2.24, 2.45) is 0 Å². The number of β-amino-alcohol motifs (C(OH)–C–C–N with tert-alkyl or cyclic N) is 1. The van der Waals surface area contributed by atoms with Gasteiger partial charge in [0, 0.05) is 25.5 Å². The molecule has 2 heterocycles. The lowest BCUT2D eigenvalue weighted by molar-refractivity contribution is 0.0577. The summed E-state index contributed by atoms with van der Waals surface area (Å²) >= 11 is 0. The highest BCUT2D eigenvalue weighted by atomic mass is 16.3. The van der Waals surface area contributed by atoms with Crippen LogP contribution in [0.3, 0.4) is 0 Å². The SMILES string of the molecule is CN(C(=O)c1n[nH]c2ccccc12)[C@@H]1CNC[C@H]1O. The molecule has 1 saturated heterocycles. The third kappa shape index (κ3) is 1.98. The number of nitrogens with one attached hydrogen (secondary N) is 2. The molecule has 1 amide bonds. The summed E-state index contributed by atoms with van der Waals surface area (Å²) in [6, 6.07) is 7.31. The van der Waals surface area contributed by atoms with E-state index in [9.17, 15) is 9.90 Å². The molecule has 1 aliphatic heterocycles. The van der Waals surface area contributed by atoms with E-state index < -0.39 is 6.10 Å². The molecule has 6 nitrogen and oxygen atoms in total. The lowest BCUT2D eigenvalue weighted by Crippen LogP contribution is -2.44. The summed E-state index contributed by atoms with van der Waals surface area (Å²) in [6.45, 7) is 1.12. The predicted octanol–water partition coefficient (Wildman–Crippen LogP) is -0.0324. The number of benzene rings is 1. The van der Waals surface area contributed by atoms with Crippen LogP contribution in [0.25, 0.3) is 10.9 Å². The standard InChI is InChI=1S/C13H16N4O2/c1-17(10-6-14-7-11(10)18)13(19)12-8-4-2-3-5-9(8)15-16-12/h2-5,10-11,14,18H,6-7H2,1H3,(H,15,16)/t10-,11-/m1/s1. The maximum Gasteiger partial charge on any atom is 0.275 e. The number of hydrogen-bond acceptors (Lipinski definition) is 4. The molecule has 1 fully saturated rings. The van der Waals surface area contributed by atoms with E-state index in [-0.39, 0.29) is 11.9 Å². The molecule has 2 atom stereocenters. The number of amides is 1. The van der Waals surface area contributed by atoms with E-state index >= 15 is 0 Å². The number of fused-ring (bicyclic) bond motifs is 1. The number of carbonyl (C=O) groups excluding carboxylic acids is 1. The van der Waals surface area contributed by atoms with Gasteiger partial charge in [0.15, 0.2) is 5.69 Å². The number of aromatic nitrogens is 2. The molecular weight excluding hydrogens is 244 g/mol. The summed E-state index contributed by atoms with van der Waals surface area (Å²) in [4.78, 5) is 14.0. The Labute approximate surface area is 110 Å². The Bertz CT molecular complexity index is 609. The maximum atomic E-state index is 12.5. The average Bonchev–Trinajstić information content (AvgIpc) is 3.03. The molecule has 0 unspecified atom stereocenters. The first-order valence-corrected chi connectivity index (χ1v) is 6.27. The Morgan fingerprint density at radius 1 is 1.42 bits per heavy atom. The maximum absolute atomic E-state index is 12.5. The fraction of sp³-hybridized carbons (Fsp3) is 0.385.